The van der Waals surface area contributed by atoms with Crippen LogP contribution in [0.5, 0.6) is 0 Å². The van der Waals surface area contributed by atoms with Crippen molar-refractivity contribution in [3.8, 4) is 11.3 Å². The normalized spacial score (nSPS) is 10.3. The monoisotopic (exact) mass is 328 g/mol. The number of carbonyl (C=O) groups is 1. The Hall–Kier alpha value is -2.80. The molecule has 0 saturated heterocycles. The van der Waals surface area contributed by atoms with Gasteiger partial charge in [0.1, 0.15) is 5.82 Å². The molecule has 3 aromatic rings. The Morgan fingerprint density at radius 3 is 2.83 bits per heavy atom. The van der Waals surface area contributed by atoms with Gasteiger partial charge in [0, 0.05) is 29.0 Å². The Morgan fingerprint density at radius 1 is 1.22 bits per heavy atom. The molecule has 23 heavy (non-hydrogen) atoms. The van der Waals surface area contributed by atoms with Crippen LogP contribution in [0.2, 0.25) is 0 Å². The molecule has 0 spiro atoms. The lowest BCUT2D eigenvalue weighted by molar-refractivity contribution is -0.114. The van der Waals surface area contributed by atoms with Crippen LogP contribution in [-0.4, -0.2) is 22.4 Å². The molecule has 0 bridgehead atoms. The summed E-state index contributed by atoms with van der Waals surface area (Å²) in [4.78, 5) is 20.2. The van der Waals surface area contributed by atoms with E-state index in [2.05, 4.69) is 20.6 Å². The van der Waals surface area contributed by atoms with Crippen LogP contribution < -0.4 is 10.6 Å². The van der Waals surface area contributed by atoms with Crippen molar-refractivity contribution in [2.24, 2.45) is 0 Å². The SMILES string of the molecule is O=C(CNc1cccc(F)c1)Nc1nc(-c2ccncc2)cs1. The number of hydrogen-bond acceptors (Lipinski definition) is 5. The molecule has 0 aliphatic rings. The zero-order chi connectivity index (χ0) is 16.1. The molecule has 5 nitrogen and oxygen atoms in total. The van der Waals surface area contributed by atoms with Gasteiger partial charge in [-0.15, -0.1) is 11.3 Å². The molecule has 0 aliphatic carbocycles. The van der Waals surface area contributed by atoms with Crippen molar-refractivity contribution < 1.29 is 9.18 Å². The lowest BCUT2D eigenvalue weighted by Crippen LogP contribution is -2.21. The molecule has 3 rings (SSSR count). The summed E-state index contributed by atoms with van der Waals surface area (Å²) < 4.78 is 13.0. The quantitative estimate of drug-likeness (QED) is 0.753. The average Bonchev–Trinajstić information content (AvgIpc) is 3.02. The third-order valence-electron chi connectivity index (χ3n) is 3.00. The van der Waals surface area contributed by atoms with Crippen molar-refractivity contribution in [3.63, 3.8) is 0 Å². The van der Waals surface area contributed by atoms with E-state index in [1.807, 2.05) is 17.5 Å². The van der Waals surface area contributed by atoms with E-state index >= 15 is 0 Å². The number of rotatable bonds is 5. The van der Waals surface area contributed by atoms with E-state index in [4.69, 9.17) is 0 Å². The van der Waals surface area contributed by atoms with Crippen molar-refractivity contribution >= 4 is 28.1 Å². The van der Waals surface area contributed by atoms with Crippen LogP contribution in [0, 0.1) is 5.82 Å². The van der Waals surface area contributed by atoms with Crippen molar-refractivity contribution in [2.45, 2.75) is 0 Å². The van der Waals surface area contributed by atoms with Crippen LogP contribution in [0.25, 0.3) is 11.3 Å². The average molecular weight is 328 g/mol. The molecule has 0 aliphatic heterocycles. The van der Waals surface area contributed by atoms with Gasteiger partial charge in [-0.2, -0.15) is 0 Å². The van der Waals surface area contributed by atoms with Crippen molar-refractivity contribution in [1.29, 1.82) is 0 Å². The molecular formula is C16H13FN4OS. The molecule has 2 heterocycles. The number of amides is 1. The standard InChI is InChI=1S/C16H13FN4OS/c17-12-2-1-3-13(8-12)19-9-15(22)21-16-20-14(10-23-16)11-4-6-18-7-5-11/h1-8,10,19H,9H2,(H,20,21,22). The Balaban J connectivity index is 1.57. The van der Waals surface area contributed by atoms with Crippen LogP contribution in [0.15, 0.2) is 54.2 Å². The molecule has 0 radical (unpaired) electrons. The van der Waals surface area contributed by atoms with Gasteiger partial charge >= 0.3 is 0 Å². The fourth-order valence-corrected chi connectivity index (χ4v) is 2.67. The van der Waals surface area contributed by atoms with E-state index < -0.39 is 0 Å². The van der Waals surface area contributed by atoms with Crippen LogP contribution in [0.4, 0.5) is 15.2 Å². The highest BCUT2D eigenvalue weighted by molar-refractivity contribution is 7.14. The summed E-state index contributed by atoms with van der Waals surface area (Å²) in [6.45, 7) is 0.0353. The summed E-state index contributed by atoms with van der Waals surface area (Å²) in [5.41, 5.74) is 2.28. The predicted molar refractivity (Wildman–Crippen MR) is 88.9 cm³/mol. The molecule has 2 N–H and O–H groups in total. The second-order valence-electron chi connectivity index (χ2n) is 4.69. The minimum atomic E-state index is -0.350. The molecule has 2 aromatic heterocycles. The molecule has 7 heteroatoms. The van der Waals surface area contributed by atoms with Gasteiger partial charge in [0.15, 0.2) is 5.13 Å². The van der Waals surface area contributed by atoms with E-state index in [1.54, 1.807) is 24.5 Å². The third-order valence-corrected chi connectivity index (χ3v) is 3.76. The van der Waals surface area contributed by atoms with Crippen LogP contribution in [0.3, 0.4) is 0 Å². The highest BCUT2D eigenvalue weighted by Gasteiger charge is 2.08. The maximum absolute atomic E-state index is 13.0. The van der Waals surface area contributed by atoms with Crippen molar-refractivity contribution in [3.05, 3.63) is 60.0 Å². The number of nitrogens with zero attached hydrogens (tertiary/aromatic N) is 2. The number of carbonyl (C=O) groups excluding carboxylic acids is 1. The maximum atomic E-state index is 13.0. The lowest BCUT2D eigenvalue weighted by atomic mass is 10.2. The molecule has 1 amide bonds. The molecule has 0 saturated carbocycles. The fourth-order valence-electron chi connectivity index (χ4n) is 1.93. The molecule has 116 valence electrons. The molecular weight excluding hydrogens is 315 g/mol. The van der Waals surface area contributed by atoms with Gasteiger partial charge in [0.2, 0.25) is 5.91 Å². The first-order valence-electron chi connectivity index (χ1n) is 6.86. The zero-order valence-electron chi connectivity index (χ0n) is 12.0. The highest BCUT2D eigenvalue weighted by atomic mass is 32.1. The topological polar surface area (TPSA) is 66.9 Å². The molecule has 0 unspecified atom stereocenters. The van der Waals surface area contributed by atoms with E-state index in [-0.39, 0.29) is 18.3 Å². The third kappa shape index (κ3) is 4.10. The summed E-state index contributed by atoms with van der Waals surface area (Å²) in [7, 11) is 0. The van der Waals surface area contributed by atoms with Crippen molar-refractivity contribution in [1.82, 2.24) is 9.97 Å². The summed E-state index contributed by atoms with van der Waals surface area (Å²) in [5.74, 6) is -0.595. The number of halogens is 1. The number of hydrogen-bond donors (Lipinski definition) is 2. The molecule has 0 fully saturated rings. The van der Waals surface area contributed by atoms with Crippen LogP contribution in [-0.2, 0) is 4.79 Å². The summed E-state index contributed by atoms with van der Waals surface area (Å²) in [5, 5.41) is 7.96. The second-order valence-corrected chi connectivity index (χ2v) is 5.54. The summed E-state index contributed by atoms with van der Waals surface area (Å²) in [6, 6.07) is 9.66. The smallest absolute Gasteiger partial charge is 0.245 e. The minimum Gasteiger partial charge on any atom is -0.376 e. The van der Waals surface area contributed by atoms with Crippen molar-refractivity contribution in [2.75, 3.05) is 17.2 Å². The molecule has 0 atom stereocenters. The number of anilines is 2. The predicted octanol–water partition coefficient (Wildman–Crippen LogP) is 3.39. The van der Waals surface area contributed by atoms with E-state index in [9.17, 15) is 9.18 Å². The lowest BCUT2D eigenvalue weighted by Gasteiger charge is -2.05. The number of aromatic nitrogens is 2. The Labute approximate surface area is 136 Å². The summed E-state index contributed by atoms with van der Waals surface area (Å²) >= 11 is 1.35. The Bertz CT molecular complexity index is 807. The van der Waals surface area contributed by atoms with E-state index in [0.717, 1.165) is 11.3 Å². The Kier molecular flexibility index (Phi) is 4.58. The molecule has 1 aromatic carbocycles. The minimum absolute atomic E-state index is 0.0353. The first-order valence-corrected chi connectivity index (χ1v) is 7.74. The van der Waals surface area contributed by atoms with Gasteiger partial charge in [0.25, 0.3) is 0 Å². The van der Waals surface area contributed by atoms with Gasteiger partial charge in [-0.05, 0) is 30.3 Å². The number of thiazole rings is 1. The number of pyridine rings is 1. The van der Waals surface area contributed by atoms with Crippen LogP contribution in [0.1, 0.15) is 0 Å². The number of benzene rings is 1. The highest BCUT2D eigenvalue weighted by Crippen LogP contribution is 2.24. The van der Waals surface area contributed by atoms with Gasteiger partial charge in [-0.3, -0.25) is 9.78 Å². The van der Waals surface area contributed by atoms with E-state index in [1.165, 1.54) is 23.5 Å². The first kappa shape index (κ1) is 15.1. The first-order chi connectivity index (χ1) is 11.2. The van der Waals surface area contributed by atoms with Gasteiger partial charge in [-0.25, -0.2) is 9.37 Å². The van der Waals surface area contributed by atoms with Gasteiger partial charge in [-0.1, -0.05) is 6.07 Å². The van der Waals surface area contributed by atoms with E-state index in [0.29, 0.717) is 10.8 Å². The maximum Gasteiger partial charge on any atom is 0.245 e. The Morgan fingerprint density at radius 2 is 2.04 bits per heavy atom. The van der Waals surface area contributed by atoms with Gasteiger partial charge in [0.05, 0.1) is 12.2 Å². The second kappa shape index (κ2) is 6.97. The largest absolute Gasteiger partial charge is 0.376 e. The van der Waals surface area contributed by atoms with Crippen LogP contribution >= 0.6 is 11.3 Å². The van der Waals surface area contributed by atoms with Gasteiger partial charge < -0.3 is 10.6 Å². The summed E-state index contributed by atoms with van der Waals surface area (Å²) in [6.07, 6.45) is 3.38. The fraction of sp³-hybridized carbons (Fsp3) is 0.0625. The number of nitrogens with one attached hydrogen (secondary N) is 2. The zero-order valence-corrected chi connectivity index (χ0v) is 12.8.